The number of carbonyl (C=O) groups is 2. The molecule has 4 aliphatic rings. The highest BCUT2D eigenvalue weighted by atomic mass is 19.4. The fraction of sp³-hybridized carbons (Fsp3) is 0.548. The van der Waals surface area contributed by atoms with Crippen LogP contribution in [-0.4, -0.2) is 65.0 Å². The number of halogens is 7. The summed E-state index contributed by atoms with van der Waals surface area (Å²) in [4.78, 5) is 30.5. The van der Waals surface area contributed by atoms with Gasteiger partial charge in [-0.2, -0.15) is 26.3 Å². The molecule has 1 N–H and O–H groups in total. The maximum atomic E-state index is 14.0. The average molecular weight is 630 g/mol. The Morgan fingerprint density at radius 2 is 1.61 bits per heavy atom. The number of rotatable bonds is 6. The minimum atomic E-state index is -5.02. The number of urea groups is 1. The van der Waals surface area contributed by atoms with Crippen LogP contribution in [0.15, 0.2) is 36.4 Å². The van der Waals surface area contributed by atoms with Gasteiger partial charge in [0.2, 0.25) is 0 Å². The van der Waals surface area contributed by atoms with E-state index in [1.807, 2.05) is 0 Å². The molecule has 240 valence electrons. The molecule has 0 radical (unpaired) electrons. The first-order chi connectivity index (χ1) is 20.4. The van der Waals surface area contributed by atoms with Crippen molar-refractivity contribution in [3.8, 4) is 0 Å². The van der Waals surface area contributed by atoms with Crippen LogP contribution in [0.1, 0.15) is 66.1 Å². The number of nitrogens with zero attached hydrogens (tertiary/aromatic N) is 3. The zero-order valence-corrected chi connectivity index (χ0v) is 24.5. The van der Waals surface area contributed by atoms with Gasteiger partial charge in [0.15, 0.2) is 0 Å². The van der Waals surface area contributed by atoms with Crippen LogP contribution in [0.3, 0.4) is 0 Å². The first-order valence-corrected chi connectivity index (χ1v) is 14.4. The number of amides is 2. The Morgan fingerprint density at radius 3 is 2.14 bits per heavy atom. The third-order valence-electron chi connectivity index (χ3n) is 9.85. The standard InChI is InChI=1S/C31H34F7N3O3/c1-17-8-24(32)4-5-25(17)26-16-40(15-21-14-29(27(42)43)12-20(21)13-29)6-7-41(26)28(44)39(3)18(2)19-9-22(30(33,34)35)11-23(10-19)31(36,37)38/h4-5,8-11,18,20-21,26H,6-7,12-16H2,1-3H3,(H,42,43)/t18-,20?,21-,26-,29?/m1/s1. The van der Waals surface area contributed by atoms with Crippen molar-refractivity contribution >= 4 is 12.0 Å². The monoisotopic (exact) mass is 629 g/mol. The number of carboxylic acids is 1. The topological polar surface area (TPSA) is 64.1 Å². The minimum Gasteiger partial charge on any atom is -0.481 e. The average Bonchev–Trinajstić information content (AvgIpc) is 3.46. The van der Waals surface area contributed by atoms with E-state index in [2.05, 4.69) is 4.90 Å². The van der Waals surface area contributed by atoms with E-state index >= 15 is 0 Å². The van der Waals surface area contributed by atoms with E-state index in [-0.39, 0.29) is 24.1 Å². The van der Waals surface area contributed by atoms with Gasteiger partial charge in [0.25, 0.3) is 0 Å². The summed E-state index contributed by atoms with van der Waals surface area (Å²) in [6, 6.07) is 3.19. The molecule has 1 heterocycles. The van der Waals surface area contributed by atoms with Crippen LogP contribution in [0.5, 0.6) is 0 Å². The summed E-state index contributed by atoms with van der Waals surface area (Å²) in [6.45, 7) is 4.70. The van der Waals surface area contributed by atoms with Gasteiger partial charge in [-0.1, -0.05) is 6.07 Å². The largest absolute Gasteiger partial charge is 0.481 e. The number of benzene rings is 2. The van der Waals surface area contributed by atoms with Crippen molar-refractivity contribution in [1.82, 2.24) is 14.7 Å². The highest BCUT2D eigenvalue weighted by Gasteiger charge is 2.60. The fourth-order valence-electron chi connectivity index (χ4n) is 7.25. The molecular formula is C31H34F7N3O3. The van der Waals surface area contributed by atoms with E-state index in [1.54, 1.807) is 13.0 Å². The van der Waals surface area contributed by atoms with Crippen molar-refractivity contribution in [2.45, 2.75) is 57.5 Å². The van der Waals surface area contributed by atoms with Crippen molar-refractivity contribution in [2.24, 2.45) is 17.3 Å². The third kappa shape index (κ3) is 5.99. The van der Waals surface area contributed by atoms with E-state index in [0.29, 0.717) is 68.1 Å². The molecule has 0 spiro atoms. The molecule has 44 heavy (non-hydrogen) atoms. The number of piperazine rings is 1. The molecule has 2 aromatic carbocycles. The summed E-state index contributed by atoms with van der Waals surface area (Å²) in [6.07, 6.45) is -8.16. The molecule has 2 bridgehead atoms. The van der Waals surface area contributed by atoms with Gasteiger partial charge in [-0.05, 0) is 92.0 Å². The lowest BCUT2D eigenvalue weighted by Gasteiger charge is -2.45. The maximum Gasteiger partial charge on any atom is 0.416 e. The molecule has 0 unspecified atom stereocenters. The molecule has 6 nitrogen and oxygen atoms in total. The predicted octanol–water partition coefficient (Wildman–Crippen LogP) is 7.14. The smallest absolute Gasteiger partial charge is 0.416 e. The number of aliphatic carboxylic acids is 1. The lowest BCUT2D eigenvalue weighted by atomic mass is 9.69. The Hall–Kier alpha value is -3.35. The minimum absolute atomic E-state index is 0.0527. The molecule has 4 fully saturated rings. The van der Waals surface area contributed by atoms with Crippen LogP contribution in [0.2, 0.25) is 0 Å². The molecule has 3 aliphatic carbocycles. The Bertz CT molecular complexity index is 1410. The molecule has 1 aliphatic heterocycles. The summed E-state index contributed by atoms with van der Waals surface area (Å²) in [5.41, 5.74) is -2.64. The summed E-state index contributed by atoms with van der Waals surface area (Å²) in [7, 11) is 1.33. The van der Waals surface area contributed by atoms with Crippen molar-refractivity contribution in [1.29, 1.82) is 0 Å². The number of carbonyl (C=O) groups excluding carboxylic acids is 1. The van der Waals surface area contributed by atoms with E-state index in [4.69, 9.17) is 0 Å². The van der Waals surface area contributed by atoms with E-state index in [9.17, 15) is 45.4 Å². The van der Waals surface area contributed by atoms with Crippen LogP contribution in [-0.2, 0) is 17.1 Å². The van der Waals surface area contributed by atoms with Crippen molar-refractivity contribution in [2.75, 3.05) is 33.2 Å². The molecule has 3 saturated carbocycles. The Labute approximate surface area is 250 Å². The van der Waals surface area contributed by atoms with Gasteiger partial charge in [0.05, 0.1) is 28.6 Å². The highest BCUT2D eigenvalue weighted by molar-refractivity contribution is 5.77. The Kier molecular flexibility index (Phi) is 8.18. The van der Waals surface area contributed by atoms with Crippen LogP contribution < -0.4 is 0 Å². The fourth-order valence-corrected chi connectivity index (χ4v) is 7.25. The SMILES string of the molecule is Cc1cc(F)ccc1[C@H]1CN(C[C@H]2CC3(C(=O)O)CC2C3)CCN1C(=O)N(C)[C@H](C)c1cc(C(F)(F)F)cc(C(F)(F)F)c1. The lowest BCUT2D eigenvalue weighted by molar-refractivity contribution is -0.153. The summed E-state index contributed by atoms with van der Waals surface area (Å²) < 4.78 is 95.1. The first kappa shape index (κ1) is 32.1. The number of alkyl halides is 6. The second-order valence-corrected chi connectivity index (χ2v) is 12.6. The van der Waals surface area contributed by atoms with Crippen LogP contribution >= 0.6 is 0 Å². The molecule has 6 rings (SSSR count). The van der Waals surface area contributed by atoms with Gasteiger partial charge >= 0.3 is 24.4 Å². The van der Waals surface area contributed by atoms with Gasteiger partial charge in [0.1, 0.15) is 5.82 Å². The molecule has 2 aromatic rings. The van der Waals surface area contributed by atoms with E-state index in [1.165, 1.54) is 31.0 Å². The number of fused-ring (bicyclic) bond motifs is 1. The van der Waals surface area contributed by atoms with Gasteiger partial charge in [-0.25, -0.2) is 9.18 Å². The summed E-state index contributed by atoms with van der Waals surface area (Å²) in [5, 5.41) is 9.66. The molecule has 13 heteroatoms. The molecule has 1 saturated heterocycles. The quantitative estimate of drug-likeness (QED) is 0.345. The normalized spacial score (nSPS) is 26.3. The van der Waals surface area contributed by atoms with Gasteiger partial charge in [0, 0.05) is 33.2 Å². The predicted molar refractivity (Wildman–Crippen MR) is 146 cm³/mol. The molecular weight excluding hydrogens is 595 g/mol. The molecule has 0 aromatic heterocycles. The lowest BCUT2D eigenvalue weighted by Crippen LogP contribution is -2.54. The number of carboxylic acid groups (broad SMARTS) is 1. The second-order valence-electron chi connectivity index (χ2n) is 12.6. The zero-order chi connectivity index (χ0) is 32.4. The Balaban J connectivity index is 1.40. The van der Waals surface area contributed by atoms with Crippen LogP contribution in [0.25, 0.3) is 0 Å². The highest BCUT2D eigenvalue weighted by Crippen LogP contribution is 2.62. The second kappa shape index (κ2) is 11.2. The first-order valence-electron chi connectivity index (χ1n) is 14.4. The third-order valence-corrected chi connectivity index (χ3v) is 9.85. The maximum absolute atomic E-state index is 14.0. The van der Waals surface area contributed by atoms with Crippen molar-refractivity contribution in [3.05, 3.63) is 70.0 Å². The number of hydrogen-bond donors (Lipinski definition) is 1. The molecule has 3 atom stereocenters. The van der Waals surface area contributed by atoms with Crippen LogP contribution in [0.4, 0.5) is 35.5 Å². The van der Waals surface area contributed by atoms with E-state index < -0.39 is 58.8 Å². The Morgan fingerprint density at radius 1 is 1.00 bits per heavy atom. The van der Waals surface area contributed by atoms with Gasteiger partial charge in [-0.15, -0.1) is 0 Å². The molecule has 2 amide bonds. The van der Waals surface area contributed by atoms with Gasteiger partial charge in [-0.3, -0.25) is 9.69 Å². The zero-order valence-electron chi connectivity index (χ0n) is 24.5. The van der Waals surface area contributed by atoms with Crippen molar-refractivity contribution < 1.29 is 45.4 Å². The number of hydrogen-bond acceptors (Lipinski definition) is 3. The summed E-state index contributed by atoms with van der Waals surface area (Å²) >= 11 is 0. The van der Waals surface area contributed by atoms with Crippen molar-refractivity contribution in [3.63, 3.8) is 0 Å². The number of aryl methyl sites for hydroxylation is 1. The van der Waals surface area contributed by atoms with Gasteiger partial charge < -0.3 is 14.9 Å². The van der Waals surface area contributed by atoms with Crippen LogP contribution in [0, 0.1) is 30.0 Å². The summed E-state index contributed by atoms with van der Waals surface area (Å²) in [5.74, 6) is -0.725. The van der Waals surface area contributed by atoms with E-state index in [0.717, 1.165) is 4.90 Å².